The molecule has 1 amide bonds. The third-order valence-corrected chi connectivity index (χ3v) is 1.38. The van der Waals surface area contributed by atoms with Crippen LogP contribution in [0.15, 0.2) is 18.2 Å². The fraction of sp³-hybridized carbons (Fsp3) is 0.125. The third-order valence-electron chi connectivity index (χ3n) is 1.38. The summed E-state index contributed by atoms with van der Waals surface area (Å²) in [5.74, 6) is -3.47. The Morgan fingerprint density at radius 2 is 1.93 bits per heavy atom. The molecule has 6 heteroatoms. The summed E-state index contributed by atoms with van der Waals surface area (Å²) in [6.07, 6.45) is -3.27. The van der Waals surface area contributed by atoms with Crippen molar-refractivity contribution in [2.45, 2.75) is 6.43 Å². The van der Waals surface area contributed by atoms with Crippen LogP contribution in [0, 0.1) is 11.6 Å². The van der Waals surface area contributed by atoms with Crippen molar-refractivity contribution < 1.29 is 22.4 Å². The summed E-state index contributed by atoms with van der Waals surface area (Å²) in [7, 11) is 0. The van der Waals surface area contributed by atoms with Gasteiger partial charge >= 0.3 is 6.43 Å². The van der Waals surface area contributed by atoms with Gasteiger partial charge in [-0.2, -0.15) is 8.78 Å². The molecule has 0 bridgehead atoms. The van der Waals surface area contributed by atoms with Crippen LogP contribution in [0.1, 0.15) is 0 Å². The Labute approximate surface area is 76.5 Å². The van der Waals surface area contributed by atoms with Crippen LogP contribution in [0.4, 0.5) is 23.2 Å². The summed E-state index contributed by atoms with van der Waals surface area (Å²) < 4.78 is 48.7. The zero-order valence-electron chi connectivity index (χ0n) is 6.73. The van der Waals surface area contributed by atoms with E-state index in [1.807, 2.05) is 0 Å². The lowest BCUT2D eigenvalue weighted by Crippen LogP contribution is -2.20. The van der Waals surface area contributed by atoms with Crippen molar-refractivity contribution in [2.24, 2.45) is 0 Å². The molecule has 1 aromatic carbocycles. The van der Waals surface area contributed by atoms with Gasteiger partial charge in [-0.25, -0.2) is 8.78 Å². The summed E-state index contributed by atoms with van der Waals surface area (Å²) >= 11 is 0. The lowest BCUT2D eigenvalue weighted by Gasteiger charge is -2.04. The Bertz CT molecular complexity index is 353. The maximum Gasteiger partial charge on any atom is 0.315 e. The minimum Gasteiger partial charge on any atom is -0.319 e. The number of rotatable bonds is 2. The second-order valence-corrected chi connectivity index (χ2v) is 2.41. The summed E-state index contributed by atoms with van der Waals surface area (Å²) in [5, 5.41) is 1.55. The normalized spacial score (nSPS) is 10.4. The number of nitrogens with one attached hydrogen (secondary N) is 1. The number of halogens is 4. The van der Waals surface area contributed by atoms with E-state index >= 15 is 0 Å². The number of benzene rings is 1. The zero-order valence-corrected chi connectivity index (χ0v) is 6.73. The molecule has 1 N–H and O–H groups in total. The predicted octanol–water partition coefficient (Wildman–Crippen LogP) is 2.17. The Morgan fingerprint density at radius 1 is 1.29 bits per heavy atom. The maximum atomic E-state index is 12.8. The molecule has 0 spiro atoms. The molecule has 0 atom stereocenters. The van der Waals surface area contributed by atoms with E-state index < -0.39 is 29.7 Å². The van der Waals surface area contributed by atoms with E-state index in [4.69, 9.17) is 0 Å². The molecule has 0 aliphatic rings. The third kappa shape index (κ3) is 2.45. The molecule has 1 aromatic rings. The first-order valence-electron chi connectivity index (χ1n) is 3.55. The lowest BCUT2D eigenvalue weighted by molar-refractivity contribution is -0.126. The van der Waals surface area contributed by atoms with Gasteiger partial charge in [0, 0.05) is 6.07 Å². The smallest absolute Gasteiger partial charge is 0.315 e. The Kier molecular flexibility index (Phi) is 3.06. The van der Waals surface area contributed by atoms with Crippen LogP contribution in [0.2, 0.25) is 0 Å². The van der Waals surface area contributed by atoms with E-state index in [1.165, 1.54) is 0 Å². The van der Waals surface area contributed by atoms with Gasteiger partial charge in [0.25, 0.3) is 5.91 Å². The summed E-state index contributed by atoms with van der Waals surface area (Å²) in [5.41, 5.74) is -0.602. The van der Waals surface area contributed by atoms with Crippen molar-refractivity contribution in [1.29, 1.82) is 0 Å². The van der Waals surface area contributed by atoms with Crippen molar-refractivity contribution in [3.05, 3.63) is 29.8 Å². The monoisotopic (exact) mass is 207 g/mol. The number of carbonyl (C=O) groups is 1. The second-order valence-electron chi connectivity index (χ2n) is 2.41. The van der Waals surface area contributed by atoms with E-state index in [1.54, 1.807) is 5.32 Å². The molecule has 14 heavy (non-hydrogen) atoms. The molecule has 0 aliphatic carbocycles. The highest BCUT2D eigenvalue weighted by Gasteiger charge is 2.16. The summed E-state index contributed by atoms with van der Waals surface area (Å²) in [4.78, 5) is 10.4. The lowest BCUT2D eigenvalue weighted by atomic mass is 10.3. The van der Waals surface area contributed by atoms with Crippen molar-refractivity contribution in [3.63, 3.8) is 0 Å². The highest BCUT2D eigenvalue weighted by Crippen LogP contribution is 2.15. The second kappa shape index (κ2) is 4.08. The van der Waals surface area contributed by atoms with E-state index in [0.717, 1.165) is 12.1 Å². The van der Waals surface area contributed by atoms with E-state index in [0.29, 0.717) is 6.07 Å². The maximum absolute atomic E-state index is 12.8. The number of alkyl halides is 2. The molecular formula is C8H5F4NO. The van der Waals surface area contributed by atoms with E-state index in [-0.39, 0.29) is 0 Å². The largest absolute Gasteiger partial charge is 0.319 e. The molecule has 0 unspecified atom stereocenters. The molecule has 0 fully saturated rings. The van der Waals surface area contributed by atoms with Gasteiger partial charge in [-0.05, 0) is 12.1 Å². The van der Waals surface area contributed by atoms with Crippen LogP contribution < -0.4 is 5.32 Å². The quantitative estimate of drug-likeness (QED) is 0.740. The average molecular weight is 207 g/mol. The van der Waals surface area contributed by atoms with E-state index in [9.17, 15) is 22.4 Å². The number of anilines is 1. The molecule has 1 rings (SSSR count). The number of carbonyl (C=O) groups excluding carboxylic acids is 1. The summed E-state index contributed by atoms with van der Waals surface area (Å²) in [6.45, 7) is 0. The standard InChI is InChI=1S/C8H5F4NO/c9-4-1-2-5(10)6(3-4)13-8(14)7(11)12/h1-3,7H,(H,13,14). The molecule has 0 saturated heterocycles. The molecular weight excluding hydrogens is 202 g/mol. The van der Waals surface area contributed by atoms with Gasteiger partial charge in [-0.1, -0.05) is 0 Å². The molecule has 0 radical (unpaired) electrons. The van der Waals surface area contributed by atoms with Gasteiger partial charge in [0.2, 0.25) is 0 Å². The molecule has 0 aromatic heterocycles. The fourth-order valence-electron chi connectivity index (χ4n) is 0.781. The first-order valence-corrected chi connectivity index (χ1v) is 3.55. The number of hydrogen-bond acceptors (Lipinski definition) is 1. The number of amides is 1. The SMILES string of the molecule is O=C(Nc1cc(F)ccc1F)C(F)F. The zero-order chi connectivity index (χ0) is 10.7. The molecule has 0 aliphatic heterocycles. The van der Waals surface area contributed by atoms with Crippen LogP contribution in [0.5, 0.6) is 0 Å². The highest BCUT2D eigenvalue weighted by atomic mass is 19.3. The van der Waals surface area contributed by atoms with Crippen molar-refractivity contribution >= 4 is 11.6 Å². The topological polar surface area (TPSA) is 29.1 Å². The van der Waals surface area contributed by atoms with Crippen LogP contribution in [-0.2, 0) is 4.79 Å². The minimum absolute atomic E-state index is 0.602. The van der Waals surface area contributed by atoms with Crippen molar-refractivity contribution in [3.8, 4) is 0 Å². The van der Waals surface area contributed by atoms with Crippen LogP contribution in [0.25, 0.3) is 0 Å². The minimum atomic E-state index is -3.27. The van der Waals surface area contributed by atoms with Crippen molar-refractivity contribution in [1.82, 2.24) is 0 Å². The van der Waals surface area contributed by atoms with Gasteiger partial charge in [0.15, 0.2) is 0 Å². The number of hydrogen-bond donors (Lipinski definition) is 1. The molecule has 0 heterocycles. The van der Waals surface area contributed by atoms with Gasteiger partial charge in [-0.3, -0.25) is 4.79 Å². The first kappa shape index (κ1) is 10.5. The molecule has 0 saturated carbocycles. The Balaban J connectivity index is 2.86. The van der Waals surface area contributed by atoms with Crippen molar-refractivity contribution in [2.75, 3.05) is 5.32 Å². The van der Waals surface area contributed by atoms with Crippen LogP contribution in [0.3, 0.4) is 0 Å². The van der Waals surface area contributed by atoms with E-state index in [2.05, 4.69) is 0 Å². The van der Waals surface area contributed by atoms with Gasteiger partial charge in [0.05, 0.1) is 5.69 Å². The fourth-order valence-corrected chi connectivity index (χ4v) is 0.781. The first-order chi connectivity index (χ1) is 6.50. The van der Waals surface area contributed by atoms with Crippen LogP contribution >= 0.6 is 0 Å². The molecule has 76 valence electrons. The van der Waals surface area contributed by atoms with Gasteiger partial charge in [-0.15, -0.1) is 0 Å². The highest BCUT2D eigenvalue weighted by molar-refractivity contribution is 5.93. The van der Waals surface area contributed by atoms with Gasteiger partial charge in [0.1, 0.15) is 11.6 Å². The van der Waals surface area contributed by atoms with Crippen LogP contribution in [-0.4, -0.2) is 12.3 Å². The Hall–Kier alpha value is -1.59. The van der Waals surface area contributed by atoms with Gasteiger partial charge < -0.3 is 5.32 Å². The Morgan fingerprint density at radius 3 is 2.50 bits per heavy atom. The summed E-state index contributed by atoms with van der Waals surface area (Å²) in [6, 6.07) is 2.17. The average Bonchev–Trinajstić information content (AvgIpc) is 2.11. The predicted molar refractivity (Wildman–Crippen MR) is 41.0 cm³/mol. The molecule has 2 nitrogen and oxygen atoms in total.